The van der Waals surface area contributed by atoms with E-state index >= 15 is 0 Å². The summed E-state index contributed by atoms with van der Waals surface area (Å²) in [6, 6.07) is 9.97. The number of thiophene rings is 1. The van der Waals surface area contributed by atoms with E-state index in [2.05, 4.69) is 21.3 Å². The number of ether oxygens (including phenoxy) is 1. The van der Waals surface area contributed by atoms with E-state index < -0.39 is 0 Å². The Bertz CT molecular complexity index is 676. The van der Waals surface area contributed by atoms with Gasteiger partial charge in [-0.15, -0.1) is 11.3 Å². The number of carbonyl (C=O) groups excluding carboxylic acids is 1. The summed E-state index contributed by atoms with van der Waals surface area (Å²) in [6.07, 6.45) is 2.08. The van der Waals surface area contributed by atoms with E-state index in [0.29, 0.717) is 18.1 Å². The Morgan fingerprint density at radius 2 is 2.30 bits per heavy atom. The summed E-state index contributed by atoms with van der Waals surface area (Å²) in [4.78, 5) is 19.2. The van der Waals surface area contributed by atoms with Crippen LogP contribution in [0.4, 0.5) is 0 Å². The highest BCUT2D eigenvalue weighted by atomic mass is 32.1. The minimum absolute atomic E-state index is 0.0278. The lowest BCUT2D eigenvalue weighted by Crippen LogP contribution is -2.31. The number of nitrogens with zero attached hydrogens (tertiary/aromatic N) is 2. The molecule has 2 unspecified atom stereocenters. The van der Waals surface area contributed by atoms with Crippen molar-refractivity contribution in [2.45, 2.75) is 18.5 Å². The van der Waals surface area contributed by atoms with Gasteiger partial charge in [-0.1, -0.05) is 12.1 Å². The summed E-state index contributed by atoms with van der Waals surface area (Å²) in [7, 11) is 1.40. The van der Waals surface area contributed by atoms with E-state index in [-0.39, 0.29) is 18.1 Å². The topological polar surface area (TPSA) is 54.5 Å². The molecular formula is C16H17N3O2S2. The number of hydrogen-bond acceptors (Lipinski definition) is 5. The average Bonchev–Trinajstić information content (AvgIpc) is 3.21. The summed E-state index contributed by atoms with van der Waals surface area (Å²) in [5.74, 6) is -0.237. The molecular weight excluding hydrogens is 330 g/mol. The number of carbonyl (C=O) groups is 1. The second-order valence-electron chi connectivity index (χ2n) is 5.16. The molecule has 1 aliphatic rings. The number of hydrogen-bond donors (Lipinski definition) is 1. The fourth-order valence-electron chi connectivity index (χ4n) is 2.73. The Kier molecular flexibility index (Phi) is 4.88. The van der Waals surface area contributed by atoms with Crippen molar-refractivity contribution in [3.63, 3.8) is 0 Å². The first-order valence-corrected chi connectivity index (χ1v) is 8.58. The maximum Gasteiger partial charge on any atom is 0.307 e. The molecule has 5 nitrogen and oxygen atoms in total. The van der Waals surface area contributed by atoms with Crippen molar-refractivity contribution in [1.29, 1.82) is 0 Å². The molecule has 2 aromatic rings. The van der Waals surface area contributed by atoms with E-state index in [1.807, 2.05) is 29.6 Å². The van der Waals surface area contributed by atoms with E-state index in [0.717, 1.165) is 5.69 Å². The second-order valence-corrected chi connectivity index (χ2v) is 6.53. The fourth-order valence-corrected chi connectivity index (χ4v) is 3.93. The second kappa shape index (κ2) is 7.06. The largest absolute Gasteiger partial charge is 0.469 e. The number of pyridine rings is 1. The predicted molar refractivity (Wildman–Crippen MR) is 93.1 cm³/mol. The van der Waals surface area contributed by atoms with Gasteiger partial charge in [0.1, 0.15) is 0 Å². The molecule has 1 aliphatic heterocycles. The first-order valence-electron chi connectivity index (χ1n) is 7.29. The van der Waals surface area contributed by atoms with Crippen LogP contribution < -0.4 is 5.32 Å². The van der Waals surface area contributed by atoms with Crippen LogP contribution in [0.5, 0.6) is 0 Å². The van der Waals surface area contributed by atoms with Crippen molar-refractivity contribution >= 4 is 34.6 Å². The van der Waals surface area contributed by atoms with E-state index in [1.165, 1.54) is 12.0 Å². The zero-order valence-electron chi connectivity index (χ0n) is 12.6. The third-order valence-corrected chi connectivity index (χ3v) is 5.11. The van der Waals surface area contributed by atoms with E-state index in [4.69, 9.17) is 17.0 Å². The summed E-state index contributed by atoms with van der Waals surface area (Å²) >= 11 is 7.18. The van der Waals surface area contributed by atoms with Crippen molar-refractivity contribution in [3.8, 4) is 0 Å². The fraction of sp³-hybridized carbons (Fsp3) is 0.312. The van der Waals surface area contributed by atoms with Crippen molar-refractivity contribution < 1.29 is 9.53 Å². The quantitative estimate of drug-likeness (QED) is 0.663. The molecule has 7 heteroatoms. The minimum atomic E-state index is -0.237. The molecule has 3 heterocycles. The number of aromatic nitrogens is 1. The first-order chi connectivity index (χ1) is 11.2. The van der Waals surface area contributed by atoms with Gasteiger partial charge in [0.2, 0.25) is 0 Å². The average molecular weight is 347 g/mol. The van der Waals surface area contributed by atoms with Gasteiger partial charge >= 0.3 is 5.97 Å². The highest BCUT2D eigenvalue weighted by molar-refractivity contribution is 7.80. The Morgan fingerprint density at radius 3 is 2.96 bits per heavy atom. The molecule has 1 saturated heterocycles. The normalized spacial score (nSPS) is 20.4. The maximum atomic E-state index is 11.5. The highest BCUT2D eigenvalue weighted by Gasteiger charge is 2.40. The van der Waals surface area contributed by atoms with Gasteiger partial charge in [0, 0.05) is 17.6 Å². The molecule has 0 saturated carbocycles. The van der Waals surface area contributed by atoms with Gasteiger partial charge in [0.25, 0.3) is 0 Å². The van der Waals surface area contributed by atoms with Crippen LogP contribution in [0.25, 0.3) is 0 Å². The van der Waals surface area contributed by atoms with Gasteiger partial charge in [-0.25, -0.2) is 0 Å². The molecule has 0 radical (unpaired) electrons. The molecule has 3 rings (SSSR count). The van der Waals surface area contributed by atoms with Crippen LogP contribution in [0.2, 0.25) is 0 Å². The SMILES string of the molecule is COC(=O)CCN1C(=S)NC(c2ccccn2)C1c1cccs1. The van der Waals surface area contributed by atoms with Gasteiger partial charge in [0.15, 0.2) is 5.11 Å². The standard InChI is InChI=1S/C16H17N3O2S2/c1-21-13(20)7-9-19-15(12-6-4-10-23-12)14(18-16(19)22)11-5-2-3-8-17-11/h2-6,8,10,14-15H,7,9H2,1H3,(H,18,22). The lowest BCUT2D eigenvalue weighted by molar-refractivity contribution is -0.140. The Morgan fingerprint density at radius 1 is 1.43 bits per heavy atom. The molecule has 23 heavy (non-hydrogen) atoms. The van der Waals surface area contributed by atoms with Gasteiger partial charge < -0.3 is 15.0 Å². The lowest BCUT2D eigenvalue weighted by Gasteiger charge is -2.26. The third-order valence-electron chi connectivity index (χ3n) is 3.82. The van der Waals surface area contributed by atoms with Crippen molar-refractivity contribution in [2.24, 2.45) is 0 Å². The summed E-state index contributed by atoms with van der Waals surface area (Å²) in [5, 5.41) is 6.04. The molecule has 0 bridgehead atoms. The smallest absolute Gasteiger partial charge is 0.307 e. The van der Waals surface area contributed by atoms with Gasteiger partial charge in [-0.2, -0.15) is 0 Å². The molecule has 0 spiro atoms. The number of esters is 1. The molecule has 0 aliphatic carbocycles. The number of thiocarbonyl (C=S) groups is 1. The van der Waals surface area contributed by atoms with E-state index in [1.54, 1.807) is 17.5 Å². The third kappa shape index (κ3) is 3.35. The zero-order valence-corrected chi connectivity index (χ0v) is 14.3. The van der Waals surface area contributed by atoms with Crippen LogP contribution in [-0.2, 0) is 9.53 Å². The molecule has 0 aromatic carbocycles. The molecule has 0 amide bonds. The molecule has 1 N–H and O–H groups in total. The number of rotatable bonds is 5. The van der Waals surface area contributed by atoms with Crippen LogP contribution in [-0.4, -0.2) is 34.6 Å². The number of methoxy groups -OCH3 is 1. The Labute approximate surface area is 144 Å². The summed E-state index contributed by atoms with van der Waals surface area (Å²) in [6.45, 7) is 0.518. The lowest BCUT2D eigenvalue weighted by atomic mass is 10.0. The van der Waals surface area contributed by atoms with Gasteiger partial charge in [-0.3, -0.25) is 9.78 Å². The molecule has 120 valence electrons. The Hall–Kier alpha value is -1.99. The van der Waals surface area contributed by atoms with Crippen LogP contribution in [0, 0.1) is 0 Å². The van der Waals surface area contributed by atoms with Crippen molar-refractivity contribution in [3.05, 3.63) is 52.5 Å². The monoisotopic (exact) mass is 347 g/mol. The molecule has 2 atom stereocenters. The van der Waals surface area contributed by atoms with Crippen molar-refractivity contribution in [2.75, 3.05) is 13.7 Å². The van der Waals surface area contributed by atoms with Crippen LogP contribution in [0.1, 0.15) is 29.1 Å². The van der Waals surface area contributed by atoms with Gasteiger partial charge in [-0.05, 0) is 35.8 Å². The van der Waals surface area contributed by atoms with Crippen molar-refractivity contribution in [1.82, 2.24) is 15.2 Å². The number of nitrogens with one attached hydrogen (secondary N) is 1. The first kappa shape index (κ1) is 15.9. The van der Waals surface area contributed by atoms with Crippen LogP contribution >= 0.6 is 23.6 Å². The van der Waals surface area contributed by atoms with Gasteiger partial charge in [0.05, 0.1) is 31.3 Å². The maximum absolute atomic E-state index is 11.5. The van der Waals surface area contributed by atoms with Crippen LogP contribution in [0.3, 0.4) is 0 Å². The zero-order chi connectivity index (χ0) is 16.2. The summed E-state index contributed by atoms with van der Waals surface area (Å²) < 4.78 is 4.74. The molecule has 1 fully saturated rings. The predicted octanol–water partition coefficient (Wildman–Crippen LogP) is 2.68. The van der Waals surface area contributed by atoms with Crippen LogP contribution in [0.15, 0.2) is 41.9 Å². The minimum Gasteiger partial charge on any atom is -0.469 e. The highest BCUT2D eigenvalue weighted by Crippen LogP contribution is 2.40. The van der Waals surface area contributed by atoms with E-state index in [9.17, 15) is 4.79 Å². The molecule has 2 aromatic heterocycles. The summed E-state index contributed by atoms with van der Waals surface area (Å²) in [5.41, 5.74) is 0.939. The Balaban J connectivity index is 1.89.